The second-order valence-corrected chi connectivity index (χ2v) is 5.49. The van der Waals surface area contributed by atoms with Crippen LogP contribution in [0.2, 0.25) is 0 Å². The Labute approximate surface area is 93.7 Å². The molecule has 0 amide bonds. The molecule has 15 heavy (non-hydrogen) atoms. The van der Waals surface area contributed by atoms with E-state index in [1.807, 2.05) is 0 Å². The van der Waals surface area contributed by atoms with Crippen LogP contribution in [0.1, 0.15) is 51.4 Å². The van der Waals surface area contributed by atoms with Gasteiger partial charge >= 0.3 is 0 Å². The Morgan fingerprint density at radius 3 is 2.40 bits per heavy atom. The molecule has 0 spiro atoms. The number of nitrogens with zero attached hydrogens (tertiary/aromatic N) is 1. The Balaban J connectivity index is 1.79. The summed E-state index contributed by atoms with van der Waals surface area (Å²) in [7, 11) is 2.24. The predicted molar refractivity (Wildman–Crippen MR) is 62.9 cm³/mol. The molecule has 0 aromatic carbocycles. The van der Waals surface area contributed by atoms with E-state index in [0.717, 1.165) is 19.0 Å². The van der Waals surface area contributed by atoms with Crippen LogP contribution in [0.25, 0.3) is 0 Å². The second-order valence-electron chi connectivity index (χ2n) is 5.49. The summed E-state index contributed by atoms with van der Waals surface area (Å²) in [4.78, 5) is 2.49. The van der Waals surface area contributed by atoms with Crippen molar-refractivity contribution in [1.29, 1.82) is 0 Å². The smallest absolute Gasteiger partial charge is 0.0580 e. The molecule has 2 saturated carbocycles. The average Bonchev–Trinajstić information content (AvgIpc) is 2.29. The van der Waals surface area contributed by atoms with Gasteiger partial charge in [-0.3, -0.25) is 0 Å². The van der Waals surface area contributed by atoms with Crippen molar-refractivity contribution >= 4 is 0 Å². The summed E-state index contributed by atoms with van der Waals surface area (Å²) in [5.41, 5.74) is 0. The van der Waals surface area contributed by atoms with Crippen LogP contribution in [0, 0.1) is 5.92 Å². The summed E-state index contributed by atoms with van der Waals surface area (Å²) < 4.78 is 0. The van der Waals surface area contributed by atoms with Gasteiger partial charge in [-0.1, -0.05) is 25.7 Å². The maximum absolute atomic E-state index is 10.0. The van der Waals surface area contributed by atoms with E-state index >= 15 is 0 Å². The number of aliphatic hydroxyl groups excluding tert-OH is 1. The van der Waals surface area contributed by atoms with Gasteiger partial charge in [0.2, 0.25) is 0 Å². The van der Waals surface area contributed by atoms with E-state index in [9.17, 15) is 5.11 Å². The highest BCUT2D eigenvalue weighted by Gasteiger charge is 2.27. The lowest BCUT2D eigenvalue weighted by atomic mass is 9.89. The van der Waals surface area contributed by atoms with Crippen LogP contribution in [-0.2, 0) is 0 Å². The van der Waals surface area contributed by atoms with E-state index in [0.29, 0.717) is 5.92 Å². The van der Waals surface area contributed by atoms with Crippen molar-refractivity contribution in [3.8, 4) is 0 Å². The molecule has 2 aliphatic rings. The van der Waals surface area contributed by atoms with Crippen LogP contribution in [-0.4, -0.2) is 35.7 Å². The van der Waals surface area contributed by atoms with Crippen molar-refractivity contribution in [1.82, 2.24) is 4.90 Å². The summed E-state index contributed by atoms with van der Waals surface area (Å²) in [6, 6.07) is 0.820. The Morgan fingerprint density at radius 2 is 1.73 bits per heavy atom. The molecular formula is C13H25NO. The van der Waals surface area contributed by atoms with Crippen molar-refractivity contribution in [3.05, 3.63) is 0 Å². The molecule has 0 radical (unpaired) electrons. The normalized spacial score (nSPS) is 33.8. The fourth-order valence-electron chi connectivity index (χ4n) is 2.92. The number of hydrogen-bond acceptors (Lipinski definition) is 2. The molecule has 0 heterocycles. The molecule has 1 N–H and O–H groups in total. The molecule has 0 aliphatic heterocycles. The fourth-order valence-corrected chi connectivity index (χ4v) is 2.92. The first-order chi connectivity index (χ1) is 7.27. The molecule has 0 saturated heterocycles. The minimum absolute atomic E-state index is 0.0324. The lowest BCUT2D eigenvalue weighted by Crippen LogP contribution is -2.42. The van der Waals surface area contributed by atoms with Crippen LogP contribution in [0.15, 0.2) is 0 Å². The van der Waals surface area contributed by atoms with Crippen molar-refractivity contribution in [3.63, 3.8) is 0 Å². The zero-order chi connectivity index (χ0) is 10.7. The van der Waals surface area contributed by atoms with Gasteiger partial charge < -0.3 is 10.0 Å². The zero-order valence-corrected chi connectivity index (χ0v) is 9.99. The highest BCUT2D eigenvalue weighted by Crippen LogP contribution is 2.28. The van der Waals surface area contributed by atoms with E-state index in [1.54, 1.807) is 0 Å². The Kier molecular flexibility index (Phi) is 4.04. The Morgan fingerprint density at radius 1 is 1.00 bits per heavy atom. The number of rotatable bonds is 3. The monoisotopic (exact) mass is 211 g/mol. The van der Waals surface area contributed by atoms with E-state index < -0.39 is 0 Å². The minimum atomic E-state index is -0.0324. The summed E-state index contributed by atoms with van der Waals surface area (Å²) in [6.45, 7) is 1.12. The van der Waals surface area contributed by atoms with Gasteiger partial charge in [0.25, 0.3) is 0 Å². The van der Waals surface area contributed by atoms with Crippen molar-refractivity contribution in [2.45, 2.75) is 63.5 Å². The Hall–Kier alpha value is -0.0800. The maximum Gasteiger partial charge on any atom is 0.0580 e. The minimum Gasteiger partial charge on any atom is -0.393 e. The molecule has 0 bridgehead atoms. The van der Waals surface area contributed by atoms with Gasteiger partial charge in [0, 0.05) is 12.6 Å². The van der Waals surface area contributed by atoms with Crippen LogP contribution < -0.4 is 0 Å². The van der Waals surface area contributed by atoms with Crippen molar-refractivity contribution < 1.29 is 5.11 Å². The van der Waals surface area contributed by atoms with Gasteiger partial charge in [-0.25, -0.2) is 0 Å². The molecule has 0 aromatic rings. The molecule has 2 rings (SSSR count). The summed E-state index contributed by atoms with van der Waals surface area (Å²) >= 11 is 0. The van der Waals surface area contributed by atoms with Gasteiger partial charge in [0.05, 0.1) is 6.10 Å². The molecule has 2 atom stereocenters. The quantitative estimate of drug-likeness (QED) is 0.725. The van der Waals surface area contributed by atoms with E-state index in [4.69, 9.17) is 0 Å². The third-order valence-corrected chi connectivity index (χ3v) is 4.34. The van der Waals surface area contributed by atoms with Gasteiger partial charge in [-0.15, -0.1) is 0 Å². The molecular weight excluding hydrogens is 186 g/mol. The first kappa shape index (κ1) is 11.4. The fraction of sp³-hybridized carbons (Fsp3) is 1.00. The molecule has 2 nitrogen and oxygen atoms in total. The summed E-state index contributed by atoms with van der Waals surface area (Å²) in [6.07, 6.45) is 10.3. The van der Waals surface area contributed by atoms with Crippen LogP contribution in [0.3, 0.4) is 0 Å². The second kappa shape index (κ2) is 5.31. The van der Waals surface area contributed by atoms with Crippen LogP contribution >= 0.6 is 0 Å². The number of hydrogen-bond donors (Lipinski definition) is 1. The average molecular weight is 211 g/mol. The largest absolute Gasteiger partial charge is 0.393 e. The Bertz CT molecular complexity index is 191. The standard InChI is InChI=1S/C13H25NO/c1-14(12-7-5-8-12)10-11-6-3-2-4-9-13(11)15/h11-13,15H,2-10H2,1H3. The molecule has 88 valence electrons. The molecule has 2 unspecified atom stereocenters. The lowest BCUT2D eigenvalue weighted by Gasteiger charge is -2.37. The van der Waals surface area contributed by atoms with Crippen molar-refractivity contribution in [2.75, 3.05) is 13.6 Å². The molecule has 0 aromatic heterocycles. The zero-order valence-electron chi connectivity index (χ0n) is 9.99. The van der Waals surface area contributed by atoms with E-state index in [2.05, 4.69) is 11.9 Å². The summed E-state index contributed by atoms with van der Waals surface area (Å²) in [5.74, 6) is 0.540. The third kappa shape index (κ3) is 2.94. The van der Waals surface area contributed by atoms with E-state index in [1.165, 1.54) is 44.9 Å². The van der Waals surface area contributed by atoms with Gasteiger partial charge in [-0.2, -0.15) is 0 Å². The first-order valence-corrected chi connectivity index (χ1v) is 6.65. The third-order valence-electron chi connectivity index (χ3n) is 4.34. The number of aliphatic hydroxyl groups is 1. The highest BCUT2D eigenvalue weighted by molar-refractivity contribution is 4.82. The first-order valence-electron chi connectivity index (χ1n) is 6.65. The molecule has 2 heteroatoms. The van der Waals surface area contributed by atoms with Gasteiger partial charge in [0.1, 0.15) is 0 Å². The van der Waals surface area contributed by atoms with Crippen LogP contribution in [0.4, 0.5) is 0 Å². The van der Waals surface area contributed by atoms with E-state index in [-0.39, 0.29) is 6.10 Å². The van der Waals surface area contributed by atoms with Gasteiger partial charge in [-0.05, 0) is 38.6 Å². The van der Waals surface area contributed by atoms with Crippen LogP contribution in [0.5, 0.6) is 0 Å². The van der Waals surface area contributed by atoms with Crippen molar-refractivity contribution in [2.24, 2.45) is 5.92 Å². The maximum atomic E-state index is 10.0. The lowest BCUT2D eigenvalue weighted by molar-refractivity contribution is 0.0558. The van der Waals surface area contributed by atoms with Gasteiger partial charge in [0.15, 0.2) is 0 Å². The topological polar surface area (TPSA) is 23.5 Å². The highest BCUT2D eigenvalue weighted by atomic mass is 16.3. The molecule has 2 aliphatic carbocycles. The molecule has 2 fully saturated rings. The predicted octanol–water partition coefficient (Wildman–Crippen LogP) is 2.41. The SMILES string of the molecule is CN(CC1CCCCCC1O)C1CCC1. The summed E-state index contributed by atoms with van der Waals surface area (Å²) in [5, 5.41) is 10.0.